The third-order valence-corrected chi connectivity index (χ3v) is 8.31. The quantitative estimate of drug-likeness (QED) is 0.214. The van der Waals surface area contributed by atoms with Crippen molar-refractivity contribution < 1.29 is 14.3 Å². The molecule has 2 heterocycles. The number of esters is 1. The standard InChI is InChI=1S/C30H23BrCl2N2O4S/c1-3-38-29(37)26-17(2)34-30-35(27(26)22-9-4-5-10-23(22)33)28(36)25(40-30)15-19-14-20(31)11-12-24(19)39-16-18-7-6-8-21(32)13-18/h4-15,27H,3,16H2,1-2H3/b25-15-/t27-/m1/s1. The van der Waals surface area contributed by atoms with Gasteiger partial charge in [0.2, 0.25) is 0 Å². The maximum atomic E-state index is 14.0. The number of nitrogens with zero attached hydrogens (tertiary/aromatic N) is 2. The van der Waals surface area contributed by atoms with Crippen molar-refractivity contribution in [2.24, 2.45) is 4.99 Å². The van der Waals surface area contributed by atoms with E-state index < -0.39 is 12.0 Å². The molecule has 0 amide bonds. The second-order valence-corrected chi connectivity index (χ2v) is 11.7. The number of aromatic nitrogens is 1. The number of hydrogen-bond acceptors (Lipinski definition) is 6. The number of halogens is 3. The van der Waals surface area contributed by atoms with Crippen LogP contribution >= 0.6 is 50.5 Å². The lowest BCUT2D eigenvalue weighted by atomic mass is 9.96. The van der Waals surface area contributed by atoms with Gasteiger partial charge in [-0.15, -0.1) is 0 Å². The molecule has 1 aromatic heterocycles. The number of hydrogen-bond donors (Lipinski definition) is 0. The van der Waals surface area contributed by atoms with Crippen molar-refractivity contribution in [3.63, 3.8) is 0 Å². The highest BCUT2D eigenvalue weighted by atomic mass is 79.9. The minimum atomic E-state index is -0.785. The molecule has 0 aliphatic carbocycles. The number of benzene rings is 3. The first kappa shape index (κ1) is 28.4. The number of rotatable bonds is 7. The van der Waals surface area contributed by atoms with Crippen molar-refractivity contribution in [3.05, 3.63) is 129 Å². The predicted octanol–water partition coefficient (Wildman–Crippen LogP) is 6.45. The number of carbonyl (C=O) groups excluding carboxylic acids is 1. The van der Waals surface area contributed by atoms with Gasteiger partial charge in [-0.1, -0.05) is 80.8 Å². The Bertz CT molecular complexity index is 1830. The Labute approximate surface area is 252 Å². The lowest BCUT2D eigenvalue weighted by Gasteiger charge is -2.25. The van der Waals surface area contributed by atoms with Crippen molar-refractivity contribution in [2.75, 3.05) is 6.61 Å². The molecule has 6 nitrogen and oxygen atoms in total. The van der Waals surface area contributed by atoms with Gasteiger partial charge in [0.15, 0.2) is 4.80 Å². The van der Waals surface area contributed by atoms with E-state index in [2.05, 4.69) is 20.9 Å². The largest absolute Gasteiger partial charge is 0.488 e. The Balaban J connectivity index is 1.63. The molecule has 0 bridgehead atoms. The molecule has 1 aliphatic heterocycles. The maximum Gasteiger partial charge on any atom is 0.338 e. The van der Waals surface area contributed by atoms with Gasteiger partial charge in [0.05, 0.1) is 22.4 Å². The van der Waals surface area contributed by atoms with E-state index in [1.54, 1.807) is 44.2 Å². The van der Waals surface area contributed by atoms with Crippen molar-refractivity contribution in [2.45, 2.75) is 26.5 Å². The zero-order valence-corrected chi connectivity index (χ0v) is 25.4. The molecule has 1 atom stereocenters. The molecule has 5 rings (SSSR count). The van der Waals surface area contributed by atoms with E-state index in [0.29, 0.717) is 48.6 Å². The fourth-order valence-electron chi connectivity index (χ4n) is 4.48. The summed E-state index contributed by atoms with van der Waals surface area (Å²) in [6.07, 6.45) is 1.77. The number of fused-ring (bicyclic) bond motifs is 1. The van der Waals surface area contributed by atoms with Crippen LogP contribution in [0.5, 0.6) is 5.75 Å². The number of ether oxygens (including phenoxy) is 2. The smallest absolute Gasteiger partial charge is 0.338 e. The Morgan fingerprint density at radius 2 is 1.93 bits per heavy atom. The van der Waals surface area contributed by atoms with Crippen LogP contribution in [0.25, 0.3) is 6.08 Å². The average Bonchev–Trinajstić information content (AvgIpc) is 3.22. The number of carbonyl (C=O) groups is 1. The molecule has 0 unspecified atom stereocenters. The van der Waals surface area contributed by atoms with Crippen LogP contribution in [-0.2, 0) is 16.1 Å². The summed E-state index contributed by atoms with van der Waals surface area (Å²) >= 11 is 17.5. The molecule has 40 heavy (non-hydrogen) atoms. The molecule has 0 spiro atoms. The van der Waals surface area contributed by atoms with Crippen molar-refractivity contribution in [3.8, 4) is 5.75 Å². The highest BCUT2D eigenvalue weighted by Gasteiger charge is 2.34. The number of thiazole rings is 1. The van der Waals surface area contributed by atoms with E-state index in [9.17, 15) is 9.59 Å². The van der Waals surface area contributed by atoms with Gasteiger partial charge in [0.1, 0.15) is 18.4 Å². The van der Waals surface area contributed by atoms with Crippen LogP contribution in [0.3, 0.4) is 0 Å². The van der Waals surface area contributed by atoms with E-state index >= 15 is 0 Å². The Hall–Kier alpha value is -3.17. The molecule has 204 valence electrons. The van der Waals surface area contributed by atoms with Gasteiger partial charge in [-0.3, -0.25) is 9.36 Å². The monoisotopic (exact) mass is 656 g/mol. The van der Waals surface area contributed by atoms with Gasteiger partial charge < -0.3 is 9.47 Å². The topological polar surface area (TPSA) is 69.9 Å². The van der Waals surface area contributed by atoms with Gasteiger partial charge in [-0.2, -0.15) is 0 Å². The van der Waals surface area contributed by atoms with E-state index in [1.165, 1.54) is 15.9 Å². The molecular formula is C30H23BrCl2N2O4S. The van der Waals surface area contributed by atoms with Crippen LogP contribution < -0.4 is 19.6 Å². The second-order valence-electron chi connectivity index (χ2n) is 8.92. The third-order valence-electron chi connectivity index (χ3n) is 6.26. The molecule has 4 aromatic rings. The molecule has 10 heteroatoms. The van der Waals surface area contributed by atoms with Crippen LogP contribution in [0.15, 0.2) is 92.3 Å². The lowest BCUT2D eigenvalue weighted by molar-refractivity contribution is -0.139. The lowest BCUT2D eigenvalue weighted by Crippen LogP contribution is -2.40. The van der Waals surface area contributed by atoms with Gasteiger partial charge in [0, 0.05) is 20.1 Å². The van der Waals surface area contributed by atoms with Crippen LogP contribution in [0.2, 0.25) is 10.0 Å². The van der Waals surface area contributed by atoms with Crippen LogP contribution in [0.4, 0.5) is 0 Å². The van der Waals surface area contributed by atoms with E-state index in [0.717, 1.165) is 10.0 Å². The first-order valence-corrected chi connectivity index (χ1v) is 14.7. The third kappa shape index (κ3) is 5.81. The van der Waals surface area contributed by atoms with Crippen molar-refractivity contribution in [1.82, 2.24) is 4.57 Å². The summed E-state index contributed by atoms with van der Waals surface area (Å²) in [5.41, 5.74) is 2.69. The summed E-state index contributed by atoms with van der Waals surface area (Å²) in [4.78, 5) is 32.1. The average molecular weight is 658 g/mol. The minimum Gasteiger partial charge on any atom is -0.488 e. The first-order valence-electron chi connectivity index (χ1n) is 12.4. The van der Waals surface area contributed by atoms with E-state index in [-0.39, 0.29) is 17.7 Å². The Kier molecular flexibility index (Phi) is 8.61. The van der Waals surface area contributed by atoms with Gasteiger partial charge in [-0.05, 0) is 67.4 Å². The van der Waals surface area contributed by atoms with Crippen LogP contribution in [0.1, 0.15) is 36.6 Å². The Morgan fingerprint density at radius 1 is 1.12 bits per heavy atom. The summed E-state index contributed by atoms with van der Waals surface area (Å²) < 4.78 is 14.2. The highest BCUT2D eigenvalue weighted by Crippen LogP contribution is 2.34. The molecule has 1 aliphatic rings. The summed E-state index contributed by atoms with van der Waals surface area (Å²) in [7, 11) is 0. The number of allylic oxidation sites excluding steroid dienone is 1. The summed E-state index contributed by atoms with van der Waals surface area (Å²) in [5.74, 6) is 0.0618. The van der Waals surface area contributed by atoms with Crippen molar-refractivity contribution >= 4 is 62.5 Å². The Morgan fingerprint density at radius 3 is 2.67 bits per heavy atom. The van der Waals surface area contributed by atoms with Gasteiger partial charge in [-0.25, -0.2) is 9.79 Å². The van der Waals surface area contributed by atoms with Crippen LogP contribution in [0, 0.1) is 0 Å². The fourth-order valence-corrected chi connectivity index (χ4v) is 6.34. The normalized spacial score (nSPS) is 15.0. The SMILES string of the molecule is CCOC(=O)C1=C(C)N=c2s/c(=C\c3cc(Br)ccc3OCc3cccc(Cl)c3)c(=O)n2[C@@H]1c1ccccc1Cl. The van der Waals surface area contributed by atoms with Gasteiger partial charge in [0.25, 0.3) is 5.56 Å². The molecule has 0 fully saturated rings. The summed E-state index contributed by atoms with van der Waals surface area (Å²) in [5, 5.41) is 1.06. The van der Waals surface area contributed by atoms with E-state index in [4.69, 9.17) is 32.7 Å². The minimum absolute atomic E-state index is 0.191. The van der Waals surface area contributed by atoms with Crippen LogP contribution in [-0.4, -0.2) is 17.1 Å². The van der Waals surface area contributed by atoms with Gasteiger partial charge >= 0.3 is 5.97 Å². The first-order chi connectivity index (χ1) is 19.3. The molecule has 0 saturated carbocycles. The fraction of sp³-hybridized carbons (Fsp3) is 0.167. The molecule has 0 radical (unpaired) electrons. The molecular weight excluding hydrogens is 635 g/mol. The maximum absolute atomic E-state index is 14.0. The molecule has 0 saturated heterocycles. The summed E-state index contributed by atoms with van der Waals surface area (Å²) in [6, 6.07) is 19.4. The van der Waals surface area contributed by atoms with E-state index in [1.807, 2.05) is 42.5 Å². The predicted molar refractivity (Wildman–Crippen MR) is 162 cm³/mol. The summed E-state index contributed by atoms with van der Waals surface area (Å²) in [6.45, 7) is 3.97. The molecule has 3 aromatic carbocycles. The second kappa shape index (κ2) is 12.1. The zero-order chi connectivity index (χ0) is 28.4. The highest BCUT2D eigenvalue weighted by molar-refractivity contribution is 9.10. The zero-order valence-electron chi connectivity index (χ0n) is 21.5. The molecule has 0 N–H and O–H groups in total. The van der Waals surface area contributed by atoms with Crippen molar-refractivity contribution in [1.29, 1.82) is 0 Å².